The number of rotatable bonds is 3. The van der Waals surface area contributed by atoms with Crippen LogP contribution < -0.4 is 5.73 Å². The fourth-order valence-electron chi connectivity index (χ4n) is 2.20. The topological polar surface area (TPSA) is 38.5 Å². The SMILES string of the molecule is CC(N)(Cc1ccccc1)N1CCOCC1. The van der Waals surface area contributed by atoms with Gasteiger partial charge in [-0.2, -0.15) is 0 Å². The van der Waals surface area contributed by atoms with Gasteiger partial charge in [0.1, 0.15) is 0 Å². The van der Waals surface area contributed by atoms with Gasteiger partial charge in [0.15, 0.2) is 0 Å². The molecule has 2 rings (SSSR count). The zero-order valence-electron chi connectivity index (χ0n) is 9.86. The lowest BCUT2D eigenvalue weighted by atomic mass is 10.00. The van der Waals surface area contributed by atoms with E-state index in [1.807, 2.05) is 6.07 Å². The minimum absolute atomic E-state index is 0.273. The highest BCUT2D eigenvalue weighted by Gasteiger charge is 2.28. The zero-order chi connectivity index (χ0) is 11.4. The van der Waals surface area contributed by atoms with E-state index in [1.165, 1.54) is 5.56 Å². The van der Waals surface area contributed by atoms with Crippen molar-refractivity contribution in [1.29, 1.82) is 0 Å². The van der Waals surface area contributed by atoms with Crippen molar-refractivity contribution in [3.05, 3.63) is 35.9 Å². The maximum absolute atomic E-state index is 6.39. The third kappa shape index (κ3) is 2.82. The molecule has 3 nitrogen and oxygen atoms in total. The molecule has 0 spiro atoms. The van der Waals surface area contributed by atoms with Crippen LogP contribution >= 0.6 is 0 Å². The lowest BCUT2D eigenvalue weighted by Crippen LogP contribution is -2.58. The third-order valence-corrected chi connectivity index (χ3v) is 3.14. The predicted octanol–water partition coefficient (Wildman–Crippen LogP) is 1.24. The predicted molar refractivity (Wildman–Crippen MR) is 65.1 cm³/mol. The molecule has 0 radical (unpaired) electrons. The molecule has 1 saturated heterocycles. The monoisotopic (exact) mass is 220 g/mol. The van der Waals surface area contributed by atoms with Gasteiger partial charge in [-0.1, -0.05) is 30.3 Å². The zero-order valence-corrected chi connectivity index (χ0v) is 9.86. The van der Waals surface area contributed by atoms with Gasteiger partial charge in [-0.3, -0.25) is 4.90 Å². The Morgan fingerprint density at radius 1 is 1.25 bits per heavy atom. The Kier molecular flexibility index (Phi) is 3.59. The number of morpholine rings is 1. The van der Waals surface area contributed by atoms with Crippen molar-refractivity contribution in [2.24, 2.45) is 5.73 Å². The van der Waals surface area contributed by atoms with Gasteiger partial charge in [-0.15, -0.1) is 0 Å². The fraction of sp³-hybridized carbons (Fsp3) is 0.538. The fourth-order valence-corrected chi connectivity index (χ4v) is 2.20. The summed E-state index contributed by atoms with van der Waals surface area (Å²) in [6.07, 6.45) is 0.883. The van der Waals surface area contributed by atoms with Crippen molar-refractivity contribution >= 4 is 0 Å². The van der Waals surface area contributed by atoms with Crippen molar-refractivity contribution in [2.75, 3.05) is 26.3 Å². The molecule has 1 aromatic rings. The molecule has 0 aromatic heterocycles. The summed E-state index contributed by atoms with van der Waals surface area (Å²) in [6.45, 7) is 5.55. The average molecular weight is 220 g/mol. The largest absolute Gasteiger partial charge is 0.379 e. The second-order valence-corrected chi connectivity index (χ2v) is 4.62. The highest BCUT2D eigenvalue weighted by Crippen LogP contribution is 2.16. The van der Waals surface area contributed by atoms with Crippen LogP contribution in [-0.4, -0.2) is 36.9 Å². The smallest absolute Gasteiger partial charge is 0.0701 e. The van der Waals surface area contributed by atoms with Gasteiger partial charge in [-0.05, 0) is 12.5 Å². The molecule has 16 heavy (non-hydrogen) atoms. The Labute approximate surface area is 97.2 Å². The van der Waals surface area contributed by atoms with Crippen LogP contribution in [0.3, 0.4) is 0 Å². The van der Waals surface area contributed by atoms with Gasteiger partial charge in [0, 0.05) is 19.5 Å². The molecule has 1 aliphatic rings. The first-order valence-electron chi connectivity index (χ1n) is 5.84. The Bertz CT molecular complexity index is 318. The Balaban J connectivity index is 2.01. The number of hydrogen-bond donors (Lipinski definition) is 1. The van der Waals surface area contributed by atoms with Gasteiger partial charge in [0.2, 0.25) is 0 Å². The van der Waals surface area contributed by atoms with E-state index >= 15 is 0 Å². The van der Waals surface area contributed by atoms with E-state index in [-0.39, 0.29) is 5.66 Å². The van der Waals surface area contributed by atoms with E-state index in [9.17, 15) is 0 Å². The van der Waals surface area contributed by atoms with Gasteiger partial charge < -0.3 is 10.5 Å². The molecule has 1 aromatic carbocycles. The summed E-state index contributed by atoms with van der Waals surface area (Å²) >= 11 is 0. The van der Waals surface area contributed by atoms with Crippen molar-refractivity contribution in [2.45, 2.75) is 19.0 Å². The standard InChI is InChI=1S/C13H20N2O/c1-13(14,15-7-9-16-10-8-15)11-12-5-3-2-4-6-12/h2-6H,7-11,14H2,1H3. The second-order valence-electron chi connectivity index (χ2n) is 4.62. The quantitative estimate of drug-likeness (QED) is 0.833. The first kappa shape index (κ1) is 11.6. The second kappa shape index (κ2) is 4.95. The summed E-state index contributed by atoms with van der Waals surface area (Å²) in [7, 11) is 0. The van der Waals surface area contributed by atoms with Crippen molar-refractivity contribution < 1.29 is 4.74 Å². The van der Waals surface area contributed by atoms with Crippen LogP contribution in [0.4, 0.5) is 0 Å². The van der Waals surface area contributed by atoms with Crippen molar-refractivity contribution in [1.82, 2.24) is 4.90 Å². The van der Waals surface area contributed by atoms with E-state index in [0.717, 1.165) is 32.7 Å². The van der Waals surface area contributed by atoms with Crippen LogP contribution in [0.15, 0.2) is 30.3 Å². The van der Waals surface area contributed by atoms with Crippen LogP contribution in [0.5, 0.6) is 0 Å². The van der Waals surface area contributed by atoms with E-state index < -0.39 is 0 Å². The first-order valence-corrected chi connectivity index (χ1v) is 5.84. The molecule has 1 aliphatic heterocycles. The molecule has 1 fully saturated rings. The highest BCUT2D eigenvalue weighted by molar-refractivity contribution is 5.17. The molecule has 0 bridgehead atoms. The van der Waals surface area contributed by atoms with E-state index in [2.05, 4.69) is 36.1 Å². The maximum Gasteiger partial charge on any atom is 0.0701 e. The van der Waals surface area contributed by atoms with Gasteiger partial charge in [0.05, 0.1) is 18.9 Å². The minimum Gasteiger partial charge on any atom is -0.379 e. The molecule has 0 aliphatic carbocycles. The molecule has 1 heterocycles. The molecule has 2 N–H and O–H groups in total. The lowest BCUT2D eigenvalue weighted by Gasteiger charge is -2.40. The van der Waals surface area contributed by atoms with E-state index in [0.29, 0.717) is 0 Å². The first-order chi connectivity index (χ1) is 7.68. The summed E-state index contributed by atoms with van der Waals surface area (Å²) in [6, 6.07) is 10.4. The molecule has 0 amide bonds. The van der Waals surface area contributed by atoms with Crippen LogP contribution in [-0.2, 0) is 11.2 Å². The van der Waals surface area contributed by atoms with Gasteiger partial charge in [0.25, 0.3) is 0 Å². The van der Waals surface area contributed by atoms with Crippen molar-refractivity contribution in [3.8, 4) is 0 Å². The number of nitrogens with two attached hydrogens (primary N) is 1. The summed E-state index contributed by atoms with van der Waals surface area (Å²) in [5, 5.41) is 0. The number of ether oxygens (including phenoxy) is 1. The third-order valence-electron chi connectivity index (χ3n) is 3.14. The van der Waals surface area contributed by atoms with Crippen LogP contribution in [0.1, 0.15) is 12.5 Å². The van der Waals surface area contributed by atoms with E-state index in [1.54, 1.807) is 0 Å². The highest BCUT2D eigenvalue weighted by atomic mass is 16.5. The Morgan fingerprint density at radius 2 is 1.88 bits per heavy atom. The number of nitrogens with zero attached hydrogens (tertiary/aromatic N) is 1. The Morgan fingerprint density at radius 3 is 2.50 bits per heavy atom. The molecule has 88 valence electrons. The minimum atomic E-state index is -0.273. The van der Waals surface area contributed by atoms with Gasteiger partial charge in [-0.25, -0.2) is 0 Å². The van der Waals surface area contributed by atoms with Crippen LogP contribution in [0.2, 0.25) is 0 Å². The maximum atomic E-state index is 6.39. The summed E-state index contributed by atoms with van der Waals surface area (Å²) in [5.74, 6) is 0. The normalized spacial score (nSPS) is 21.6. The molecular weight excluding hydrogens is 200 g/mol. The van der Waals surface area contributed by atoms with Gasteiger partial charge >= 0.3 is 0 Å². The summed E-state index contributed by atoms with van der Waals surface area (Å²) < 4.78 is 5.35. The van der Waals surface area contributed by atoms with E-state index in [4.69, 9.17) is 10.5 Å². The molecule has 1 atom stereocenters. The number of benzene rings is 1. The number of hydrogen-bond acceptors (Lipinski definition) is 3. The Hall–Kier alpha value is -0.900. The average Bonchev–Trinajstić information content (AvgIpc) is 2.31. The summed E-state index contributed by atoms with van der Waals surface area (Å²) in [4.78, 5) is 2.31. The lowest BCUT2D eigenvalue weighted by molar-refractivity contribution is -0.0142. The molecular formula is C13H20N2O. The van der Waals surface area contributed by atoms with Crippen LogP contribution in [0.25, 0.3) is 0 Å². The molecule has 3 heteroatoms. The summed E-state index contributed by atoms with van der Waals surface area (Å²) in [5.41, 5.74) is 7.41. The van der Waals surface area contributed by atoms with Crippen molar-refractivity contribution in [3.63, 3.8) is 0 Å². The molecule has 1 unspecified atom stereocenters. The van der Waals surface area contributed by atoms with Crippen LogP contribution in [0, 0.1) is 0 Å². The molecule has 0 saturated carbocycles.